The zero-order valence-corrected chi connectivity index (χ0v) is 15.1. The average molecular weight is 356 g/mol. The average Bonchev–Trinajstić information content (AvgIpc) is 2.63. The van der Waals surface area contributed by atoms with E-state index in [1.807, 2.05) is 60.7 Å². The molecule has 0 saturated heterocycles. The molecule has 0 heterocycles. The molecule has 0 unspecified atom stereocenters. The van der Waals surface area contributed by atoms with Crippen LogP contribution in [0.3, 0.4) is 0 Å². The van der Waals surface area contributed by atoms with E-state index < -0.39 is 17.5 Å². The number of hydrogen-bond donors (Lipinski definition) is 0. The molecule has 0 fully saturated rings. The maximum atomic E-state index is 12.4. The zero-order valence-electron chi connectivity index (χ0n) is 15.1. The molecule has 0 bridgehead atoms. The highest BCUT2D eigenvalue weighted by Gasteiger charge is 2.39. The van der Waals surface area contributed by atoms with Crippen molar-refractivity contribution in [1.82, 2.24) is 0 Å². The minimum Gasteiger partial charge on any atom is -0.463 e. The van der Waals surface area contributed by atoms with Gasteiger partial charge in [0.15, 0.2) is 0 Å². The highest BCUT2D eigenvalue weighted by molar-refractivity contribution is 5.83. The van der Waals surface area contributed by atoms with Crippen molar-refractivity contribution in [2.24, 2.45) is 0 Å². The van der Waals surface area contributed by atoms with Crippen LogP contribution in [0.5, 0.6) is 0 Å². The Bertz CT molecular complexity index is 699. The Kier molecular flexibility index (Phi) is 7.36. The Hall–Kier alpha value is -2.66. The number of carbonyl (C=O) groups is 2. The van der Waals surface area contributed by atoms with Crippen LogP contribution in [0.2, 0.25) is 0 Å². The maximum Gasteiger partial charge on any atom is 0.350 e. The second-order valence-corrected chi connectivity index (χ2v) is 6.07. The SMILES string of the molecule is CCOC(=O)[C@](C)(Cc1ccccc1)OC(=O)COCc1ccccc1. The summed E-state index contributed by atoms with van der Waals surface area (Å²) in [6, 6.07) is 18.9. The van der Waals surface area contributed by atoms with Crippen LogP contribution in [-0.4, -0.2) is 30.8 Å². The van der Waals surface area contributed by atoms with E-state index in [0.717, 1.165) is 11.1 Å². The van der Waals surface area contributed by atoms with E-state index in [2.05, 4.69) is 0 Å². The lowest BCUT2D eigenvalue weighted by Gasteiger charge is -2.27. The molecular weight excluding hydrogens is 332 g/mol. The van der Waals surface area contributed by atoms with Crippen molar-refractivity contribution in [2.75, 3.05) is 13.2 Å². The zero-order chi connectivity index (χ0) is 18.8. The van der Waals surface area contributed by atoms with Gasteiger partial charge in [-0.3, -0.25) is 0 Å². The van der Waals surface area contributed by atoms with Gasteiger partial charge in [-0.25, -0.2) is 9.59 Å². The highest BCUT2D eigenvalue weighted by atomic mass is 16.6. The van der Waals surface area contributed by atoms with Gasteiger partial charge in [0.1, 0.15) is 6.61 Å². The largest absolute Gasteiger partial charge is 0.463 e. The Morgan fingerprint density at radius 3 is 2.08 bits per heavy atom. The van der Waals surface area contributed by atoms with E-state index >= 15 is 0 Å². The smallest absolute Gasteiger partial charge is 0.350 e. The van der Waals surface area contributed by atoms with Gasteiger partial charge in [0, 0.05) is 6.42 Å². The van der Waals surface area contributed by atoms with Crippen molar-refractivity contribution in [2.45, 2.75) is 32.5 Å². The summed E-state index contributed by atoms with van der Waals surface area (Å²) in [6.07, 6.45) is 0.233. The third kappa shape index (κ3) is 6.01. The summed E-state index contributed by atoms with van der Waals surface area (Å²) in [7, 11) is 0. The molecule has 0 aromatic heterocycles. The molecule has 0 aliphatic carbocycles. The standard InChI is InChI=1S/C21H24O5/c1-3-25-20(23)21(2,14-17-10-6-4-7-11-17)26-19(22)16-24-15-18-12-8-5-9-13-18/h4-13H,3,14-16H2,1-2H3/t21-/m0/s1. The van der Waals surface area contributed by atoms with E-state index in [-0.39, 0.29) is 19.6 Å². The van der Waals surface area contributed by atoms with Crippen molar-refractivity contribution >= 4 is 11.9 Å². The van der Waals surface area contributed by atoms with Gasteiger partial charge in [-0.15, -0.1) is 0 Å². The number of ether oxygens (including phenoxy) is 3. The van der Waals surface area contributed by atoms with Crippen LogP contribution >= 0.6 is 0 Å². The van der Waals surface area contributed by atoms with Gasteiger partial charge in [0.25, 0.3) is 0 Å². The Morgan fingerprint density at radius 1 is 0.923 bits per heavy atom. The summed E-state index contributed by atoms with van der Waals surface area (Å²) in [5.41, 5.74) is 0.434. The van der Waals surface area contributed by atoms with E-state index in [1.165, 1.54) is 0 Å². The molecule has 0 aliphatic heterocycles. The molecule has 0 spiro atoms. The van der Waals surface area contributed by atoms with Crippen molar-refractivity contribution in [3.8, 4) is 0 Å². The van der Waals surface area contributed by atoms with Crippen LogP contribution in [0.25, 0.3) is 0 Å². The molecule has 0 aliphatic rings. The molecule has 0 N–H and O–H groups in total. The third-order valence-electron chi connectivity index (χ3n) is 3.76. The quantitative estimate of drug-likeness (QED) is 0.645. The maximum absolute atomic E-state index is 12.4. The predicted molar refractivity (Wildman–Crippen MR) is 97.4 cm³/mol. The number of hydrogen-bond acceptors (Lipinski definition) is 5. The van der Waals surface area contributed by atoms with Crippen LogP contribution in [0.1, 0.15) is 25.0 Å². The molecule has 5 heteroatoms. The fourth-order valence-electron chi connectivity index (χ4n) is 2.53. The molecule has 138 valence electrons. The monoisotopic (exact) mass is 356 g/mol. The molecule has 5 nitrogen and oxygen atoms in total. The predicted octanol–water partition coefficient (Wildman–Crippen LogP) is 3.31. The Morgan fingerprint density at radius 2 is 1.50 bits per heavy atom. The topological polar surface area (TPSA) is 61.8 Å². The van der Waals surface area contributed by atoms with E-state index in [0.29, 0.717) is 6.61 Å². The molecular formula is C21H24O5. The lowest BCUT2D eigenvalue weighted by molar-refractivity contribution is -0.183. The van der Waals surface area contributed by atoms with Crippen LogP contribution in [0, 0.1) is 0 Å². The molecule has 26 heavy (non-hydrogen) atoms. The van der Waals surface area contributed by atoms with E-state index in [4.69, 9.17) is 14.2 Å². The number of benzene rings is 2. The van der Waals surface area contributed by atoms with Crippen LogP contribution < -0.4 is 0 Å². The second kappa shape index (κ2) is 9.73. The summed E-state index contributed by atoms with van der Waals surface area (Å²) in [6.45, 7) is 3.55. The Balaban J connectivity index is 1.96. The van der Waals surface area contributed by atoms with Crippen molar-refractivity contribution in [3.63, 3.8) is 0 Å². The third-order valence-corrected chi connectivity index (χ3v) is 3.76. The van der Waals surface area contributed by atoms with Crippen molar-refractivity contribution < 1.29 is 23.8 Å². The first-order chi connectivity index (χ1) is 12.5. The Labute approximate surface area is 153 Å². The van der Waals surface area contributed by atoms with Crippen LogP contribution in [0.15, 0.2) is 60.7 Å². The lowest BCUT2D eigenvalue weighted by Crippen LogP contribution is -2.44. The first-order valence-corrected chi connectivity index (χ1v) is 8.58. The molecule has 0 radical (unpaired) electrons. The molecule has 2 aromatic rings. The summed E-state index contributed by atoms with van der Waals surface area (Å²) < 4.78 is 15.9. The molecule has 2 aromatic carbocycles. The number of rotatable bonds is 9. The van der Waals surface area contributed by atoms with Crippen LogP contribution in [0.4, 0.5) is 0 Å². The van der Waals surface area contributed by atoms with Crippen LogP contribution in [-0.2, 0) is 36.8 Å². The lowest BCUT2D eigenvalue weighted by atomic mass is 9.96. The molecule has 0 amide bonds. The van der Waals surface area contributed by atoms with E-state index in [9.17, 15) is 9.59 Å². The minimum atomic E-state index is -1.40. The normalized spacial score (nSPS) is 12.8. The van der Waals surface area contributed by atoms with Gasteiger partial charge < -0.3 is 14.2 Å². The summed E-state index contributed by atoms with van der Waals surface area (Å²) in [5, 5.41) is 0. The molecule has 1 atom stereocenters. The fourth-order valence-corrected chi connectivity index (χ4v) is 2.53. The second-order valence-electron chi connectivity index (χ2n) is 6.07. The number of carbonyl (C=O) groups excluding carboxylic acids is 2. The first-order valence-electron chi connectivity index (χ1n) is 8.58. The van der Waals surface area contributed by atoms with Gasteiger partial charge in [-0.2, -0.15) is 0 Å². The molecule has 2 rings (SSSR count). The first kappa shape index (κ1) is 19.7. The molecule has 0 saturated carbocycles. The van der Waals surface area contributed by atoms with E-state index in [1.54, 1.807) is 13.8 Å². The van der Waals surface area contributed by atoms with Gasteiger partial charge >= 0.3 is 11.9 Å². The minimum absolute atomic E-state index is 0.214. The summed E-state index contributed by atoms with van der Waals surface area (Å²) >= 11 is 0. The summed E-state index contributed by atoms with van der Waals surface area (Å²) in [4.78, 5) is 24.6. The van der Waals surface area contributed by atoms with Gasteiger partial charge in [-0.1, -0.05) is 60.7 Å². The van der Waals surface area contributed by atoms with Gasteiger partial charge in [0.05, 0.1) is 13.2 Å². The number of esters is 2. The highest BCUT2D eigenvalue weighted by Crippen LogP contribution is 2.20. The van der Waals surface area contributed by atoms with Crippen molar-refractivity contribution in [3.05, 3.63) is 71.8 Å². The fraction of sp³-hybridized carbons (Fsp3) is 0.333. The summed E-state index contributed by atoms with van der Waals surface area (Å²) in [5.74, 6) is -1.17. The van der Waals surface area contributed by atoms with Gasteiger partial charge in [-0.05, 0) is 25.0 Å². The van der Waals surface area contributed by atoms with Gasteiger partial charge in [0.2, 0.25) is 5.60 Å². The van der Waals surface area contributed by atoms with Crippen molar-refractivity contribution in [1.29, 1.82) is 0 Å².